The smallest absolute Gasteiger partial charge is 0.238 e. The molecular formula is C21H24N4O2. The summed E-state index contributed by atoms with van der Waals surface area (Å²) in [5.74, 6) is -1.11. The number of carbonyl (C=O) groups excluding carboxylic acids is 2. The van der Waals surface area contributed by atoms with Crippen LogP contribution in [0.25, 0.3) is 0 Å². The van der Waals surface area contributed by atoms with Gasteiger partial charge in [-0.25, -0.2) is 5.43 Å². The molecule has 4 atom stereocenters. The van der Waals surface area contributed by atoms with Crippen molar-refractivity contribution < 1.29 is 9.59 Å². The van der Waals surface area contributed by atoms with Gasteiger partial charge in [0, 0.05) is 25.3 Å². The number of nitrogens with zero attached hydrogens (tertiary/aromatic N) is 2. The van der Waals surface area contributed by atoms with E-state index < -0.39 is 5.92 Å². The van der Waals surface area contributed by atoms with Crippen LogP contribution in [0, 0.1) is 11.8 Å². The van der Waals surface area contributed by atoms with Gasteiger partial charge in [0.15, 0.2) is 5.78 Å². The van der Waals surface area contributed by atoms with Gasteiger partial charge < -0.3 is 4.90 Å². The molecule has 2 N–H and O–H groups in total. The highest BCUT2D eigenvalue weighted by Crippen LogP contribution is 2.32. The van der Waals surface area contributed by atoms with Gasteiger partial charge in [-0.05, 0) is 31.2 Å². The van der Waals surface area contributed by atoms with Crippen molar-refractivity contribution in [2.24, 2.45) is 11.8 Å². The third-order valence-corrected chi connectivity index (χ3v) is 5.51. The van der Waals surface area contributed by atoms with Crippen molar-refractivity contribution in [1.82, 2.24) is 10.7 Å². The third-order valence-electron chi connectivity index (χ3n) is 5.51. The number of amides is 1. The van der Waals surface area contributed by atoms with Crippen LogP contribution in [0.4, 0.5) is 11.4 Å². The summed E-state index contributed by atoms with van der Waals surface area (Å²) in [5, 5.41) is 5.43. The quantitative estimate of drug-likeness (QED) is 0.813. The average Bonchev–Trinajstić information content (AvgIpc) is 3.06. The highest BCUT2D eigenvalue weighted by atomic mass is 16.2. The number of piperidine rings is 1. The van der Waals surface area contributed by atoms with E-state index in [1.54, 1.807) is 11.9 Å². The number of hydrazine groups is 1. The molecule has 27 heavy (non-hydrogen) atoms. The van der Waals surface area contributed by atoms with Gasteiger partial charge in [0.2, 0.25) is 5.91 Å². The first kappa shape index (κ1) is 17.7. The number of hydrogen-bond acceptors (Lipinski definition) is 5. The molecule has 2 fully saturated rings. The zero-order valence-electron chi connectivity index (χ0n) is 15.5. The van der Waals surface area contributed by atoms with Gasteiger partial charge in [-0.15, -0.1) is 0 Å². The summed E-state index contributed by atoms with van der Waals surface area (Å²) in [5.41, 5.74) is 5.18. The van der Waals surface area contributed by atoms with E-state index in [2.05, 4.69) is 10.7 Å². The number of fused-ring (bicyclic) bond motifs is 1. The fourth-order valence-corrected chi connectivity index (χ4v) is 4.05. The summed E-state index contributed by atoms with van der Waals surface area (Å²) in [6.45, 7) is 2.34. The molecule has 0 aromatic heterocycles. The van der Waals surface area contributed by atoms with Crippen molar-refractivity contribution in [2.75, 3.05) is 23.5 Å². The number of para-hydroxylation sites is 2. The number of Topliss-reactive ketones (excluding diaryl/α,β-unsaturated/α-hetero) is 1. The Morgan fingerprint density at radius 2 is 1.70 bits per heavy atom. The Hall–Kier alpha value is -2.70. The zero-order valence-corrected chi connectivity index (χ0v) is 15.5. The van der Waals surface area contributed by atoms with Gasteiger partial charge in [-0.3, -0.25) is 19.9 Å². The first-order valence-electron chi connectivity index (χ1n) is 9.28. The second kappa shape index (κ2) is 7.13. The second-order valence-electron chi connectivity index (χ2n) is 7.19. The molecule has 0 aliphatic carbocycles. The Kier molecular flexibility index (Phi) is 4.68. The largest absolute Gasteiger partial charge is 0.315 e. The summed E-state index contributed by atoms with van der Waals surface area (Å²) >= 11 is 0. The molecule has 4 rings (SSSR count). The maximum absolute atomic E-state index is 13.2. The van der Waals surface area contributed by atoms with Crippen LogP contribution >= 0.6 is 0 Å². The molecule has 2 aliphatic heterocycles. The highest BCUT2D eigenvalue weighted by Gasteiger charge is 2.51. The number of benzene rings is 2. The minimum absolute atomic E-state index is 0.00459. The Morgan fingerprint density at radius 3 is 2.37 bits per heavy atom. The molecule has 0 saturated carbocycles. The normalized spacial score (nSPS) is 27.3. The van der Waals surface area contributed by atoms with E-state index in [0.29, 0.717) is 6.54 Å². The lowest BCUT2D eigenvalue weighted by Gasteiger charge is -2.36. The van der Waals surface area contributed by atoms with Crippen LogP contribution in [0.1, 0.15) is 6.92 Å². The topological polar surface area (TPSA) is 64.7 Å². The molecule has 6 nitrogen and oxygen atoms in total. The lowest BCUT2D eigenvalue weighted by molar-refractivity contribution is -0.137. The van der Waals surface area contributed by atoms with Crippen LogP contribution in [0.5, 0.6) is 0 Å². The lowest BCUT2D eigenvalue weighted by Crippen LogP contribution is -2.59. The van der Waals surface area contributed by atoms with Crippen LogP contribution in [0.15, 0.2) is 60.7 Å². The zero-order chi connectivity index (χ0) is 19.0. The van der Waals surface area contributed by atoms with E-state index in [4.69, 9.17) is 0 Å². The maximum atomic E-state index is 13.2. The first-order valence-corrected chi connectivity index (χ1v) is 9.28. The predicted octanol–water partition coefficient (Wildman–Crippen LogP) is 1.79. The maximum Gasteiger partial charge on any atom is 0.238 e. The summed E-state index contributed by atoms with van der Waals surface area (Å²) in [6, 6.07) is 19.3. The average molecular weight is 364 g/mol. The number of carbonyl (C=O) groups is 2. The number of anilines is 2. The summed E-state index contributed by atoms with van der Waals surface area (Å²) in [6.07, 6.45) is -0.152. The monoisotopic (exact) mass is 364 g/mol. The van der Waals surface area contributed by atoms with Gasteiger partial charge in [-0.2, -0.15) is 0 Å². The third kappa shape index (κ3) is 3.11. The Bertz CT molecular complexity index is 827. The summed E-state index contributed by atoms with van der Waals surface area (Å²) in [7, 11) is 1.73. The molecule has 140 valence electrons. The molecule has 2 heterocycles. The van der Waals surface area contributed by atoms with Crippen molar-refractivity contribution in [1.29, 1.82) is 0 Å². The SMILES string of the molecule is CC1NN(c2ccccc2)C2NCC(C(=O)N(C)c3ccccc3)C(=O)C12. The van der Waals surface area contributed by atoms with E-state index in [1.165, 1.54) is 0 Å². The van der Waals surface area contributed by atoms with Crippen molar-refractivity contribution in [2.45, 2.75) is 19.1 Å². The van der Waals surface area contributed by atoms with Crippen molar-refractivity contribution in [3.8, 4) is 0 Å². The molecule has 1 amide bonds. The second-order valence-corrected chi connectivity index (χ2v) is 7.19. The van der Waals surface area contributed by atoms with Crippen molar-refractivity contribution in [3.63, 3.8) is 0 Å². The molecule has 6 heteroatoms. The van der Waals surface area contributed by atoms with Crippen LogP contribution in [-0.2, 0) is 9.59 Å². The predicted molar refractivity (Wildman–Crippen MR) is 105 cm³/mol. The number of nitrogens with one attached hydrogen (secondary N) is 2. The summed E-state index contributed by atoms with van der Waals surface area (Å²) < 4.78 is 0. The Balaban J connectivity index is 1.54. The fraction of sp³-hybridized carbons (Fsp3) is 0.333. The van der Waals surface area contributed by atoms with Crippen molar-refractivity contribution in [3.05, 3.63) is 60.7 Å². The number of hydrogen-bond donors (Lipinski definition) is 2. The Labute approximate surface area is 159 Å². The molecule has 2 saturated heterocycles. The van der Waals surface area contributed by atoms with Crippen LogP contribution < -0.4 is 20.7 Å². The minimum Gasteiger partial charge on any atom is -0.315 e. The first-order chi connectivity index (χ1) is 13.1. The van der Waals surface area contributed by atoms with Crippen LogP contribution in [0.2, 0.25) is 0 Å². The van der Waals surface area contributed by atoms with E-state index in [-0.39, 0.29) is 29.8 Å². The highest BCUT2D eigenvalue weighted by molar-refractivity contribution is 6.10. The molecule has 0 spiro atoms. The number of ketones is 1. The molecule has 0 radical (unpaired) electrons. The van der Waals surface area contributed by atoms with E-state index in [1.807, 2.05) is 72.6 Å². The van der Waals surface area contributed by atoms with Gasteiger partial charge in [0.05, 0.1) is 11.6 Å². The van der Waals surface area contributed by atoms with E-state index in [9.17, 15) is 9.59 Å². The minimum atomic E-state index is -0.670. The molecule has 2 aromatic carbocycles. The fourth-order valence-electron chi connectivity index (χ4n) is 4.05. The van der Waals surface area contributed by atoms with Crippen LogP contribution in [-0.4, -0.2) is 37.5 Å². The van der Waals surface area contributed by atoms with Crippen molar-refractivity contribution >= 4 is 23.1 Å². The van der Waals surface area contributed by atoms with E-state index >= 15 is 0 Å². The molecular weight excluding hydrogens is 340 g/mol. The molecule has 2 aliphatic rings. The van der Waals surface area contributed by atoms with E-state index in [0.717, 1.165) is 11.4 Å². The lowest BCUT2D eigenvalue weighted by atomic mass is 9.82. The van der Waals surface area contributed by atoms with Gasteiger partial charge in [0.1, 0.15) is 12.1 Å². The standard InChI is InChI=1S/C21H24N4O2/c1-14-18-19(26)17(21(27)24(2)15-9-5-3-6-10-15)13-22-20(18)25(23-14)16-11-7-4-8-12-16/h3-12,14,17-18,20,22-23H,13H2,1-2H3. The molecule has 0 bridgehead atoms. The van der Waals surface area contributed by atoms with Gasteiger partial charge in [-0.1, -0.05) is 36.4 Å². The number of rotatable bonds is 3. The molecule has 4 unspecified atom stereocenters. The Morgan fingerprint density at radius 1 is 1.07 bits per heavy atom. The van der Waals surface area contributed by atoms with Gasteiger partial charge >= 0.3 is 0 Å². The summed E-state index contributed by atoms with van der Waals surface area (Å²) in [4.78, 5) is 27.8. The molecule has 2 aromatic rings. The van der Waals surface area contributed by atoms with Crippen LogP contribution in [0.3, 0.4) is 0 Å². The van der Waals surface area contributed by atoms with Gasteiger partial charge in [0.25, 0.3) is 0 Å².